The van der Waals surface area contributed by atoms with E-state index in [2.05, 4.69) is 4.74 Å². The van der Waals surface area contributed by atoms with E-state index in [0.29, 0.717) is 11.1 Å². The Morgan fingerprint density at radius 1 is 1.53 bits per heavy atom. The number of benzene rings is 1. The molecule has 3 nitrogen and oxygen atoms in total. The summed E-state index contributed by atoms with van der Waals surface area (Å²) in [6.45, 7) is 1.87. The van der Waals surface area contributed by atoms with Crippen molar-refractivity contribution in [3.63, 3.8) is 0 Å². The van der Waals surface area contributed by atoms with Gasteiger partial charge in [-0.05, 0) is 24.6 Å². The maximum absolute atomic E-state index is 11.2. The lowest BCUT2D eigenvalue weighted by Gasteiger charge is -2.01. The molecule has 0 aliphatic heterocycles. The normalized spacial score (nSPS) is 9.93. The number of nitrogens with zero attached hydrogens (tertiary/aromatic N) is 1. The number of hydrogen-bond donors (Lipinski definition) is 0. The van der Waals surface area contributed by atoms with Crippen LogP contribution in [0.5, 0.6) is 0 Å². The number of nitriles is 1. The molecule has 0 saturated heterocycles. The van der Waals surface area contributed by atoms with E-state index in [0.717, 1.165) is 5.56 Å². The van der Waals surface area contributed by atoms with Gasteiger partial charge in [0.05, 0.1) is 24.3 Å². The van der Waals surface area contributed by atoms with Crippen molar-refractivity contribution in [1.29, 1.82) is 5.26 Å². The van der Waals surface area contributed by atoms with Gasteiger partial charge in [-0.3, -0.25) is 0 Å². The van der Waals surface area contributed by atoms with Gasteiger partial charge in [0.1, 0.15) is 0 Å². The lowest BCUT2D eigenvalue weighted by atomic mass is 10.0. The number of carbonyl (C=O) groups excluding carboxylic acids is 1. The third-order valence-corrected chi connectivity index (χ3v) is 1.94. The molecule has 0 saturated carbocycles. The molecule has 1 aromatic rings. The van der Waals surface area contributed by atoms with Crippen LogP contribution in [-0.4, -0.2) is 13.1 Å². The van der Waals surface area contributed by atoms with Crippen LogP contribution in [0.3, 0.4) is 0 Å². The minimum atomic E-state index is -0.432. The zero-order valence-electron chi connectivity index (χ0n) is 8.65. The van der Waals surface area contributed by atoms with Crippen LogP contribution in [0.1, 0.15) is 28.4 Å². The Balaban J connectivity index is 3.20. The molecule has 0 atom stereocenters. The highest BCUT2D eigenvalue weighted by Crippen LogP contribution is 2.13. The van der Waals surface area contributed by atoms with E-state index in [9.17, 15) is 4.79 Å². The van der Waals surface area contributed by atoms with Crippen molar-refractivity contribution in [3.8, 4) is 6.07 Å². The molecule has 0 aliphatic rings. The molecule has 1 aromatic carbocycles. The molecule has 0 aliphatic carbocycles. The Hall–Kier alpha value is -2.08. The summed E-state index contributed by atoms with van der Waals surface area (Å²) in [4.78, 5) is 11.2. The predicted octanol–water partition coefficient (Wildman–Crippen LogP) is 2.38. The minimum absolute atomic E-state index is 0.391. The van der Waals surface area contributed by atoms with E-state index < -0.39 is 5.97 Å². The van der Waals surface area contributed by atoms with E-state index in [1.54, 1.807) is 12.1 Å². The Kier molecular flexibility index (Phi) is 3.64. The average molecular weight is 201 g/mol. The molecule has 0 radical (unpaired) electrons. The molecule has 76 valence electrons. The van der Waals surface area contributed by atoms with Crippen LogP contribution in [0.2, 0.25) is 0 Å². The molecule has 0 bridgehead atoms. The first kappa shape index (κ1) is 11.0. The Morgan fingerprint density at radius 2 is 2.27 bits per heavy atom. The second-order valence-electron chi connectivity index (χ2n) is 2.91. The van der Waals surface area contributed by atoms with Crippen molar-refractivity contribution in [1.82, 2.24) is 0 Å². The van der Waals surface area contributed by atoms with E-state index >= 15 is 0 Å². The van der Waals surface area contributed by atoms with Crippen molar-refractivity contribution < 1.29 is 9.53 Å². The van der Waals surface area contributed by atoms with Gasteiger partial charge in [-0.1, -0.05) is 18.2 Å². The van der Waals surface area contributed by atoms with Gasteiger partial charge >= 0.3 is 5.97 Å². The molecule has 0 fully saturated rings. The van der Waals surface area contributed by atoms with Crippen LogP contribution in [0.25, 0.3) is 6.08 Å². The number of rotatable bonds is 2. The Labute approximate surface area is 88.6 Å². The number of hydrogen-bond acceptors (Lipinski definition) is 3. The van der Waals surface area contributed by atoms with Crippen LogP contribution in [0.4, 0.5) is 0 Å². The maximum atomic E-state index is 11.2. The summed E-state index contributed by atoms with van der Waals surface area (Å²) >= 11 is 0. The van der Waals surface area contributed by atoms with E-state index in [4.69, 9.17) is 5.26 Å². The van der Waals surface area contributed by atoms with Crippen LogP contribution < -0.4 is 0 Å². The fraction of sp³-hybridized carbons (Fsp3) is 0.167. The van der Waals surface area contributed by atoms with Crippen LogP contribution >= 0.6 is 0 Å². The van der Waals surface area contributed by atoms with E-state index in [1.807, 2.05) is 25.1 Å². The molecular weight excluding hydrogens is 190 g/mol. The average Bonchev–Trinajstić information content (AvgIpc) is 2.29. The quantitative estimate of drug-likeness (QED) is 0.690. The van der Waals surface area contributed by atoms with Gasteiger partial charge in [-0.25, -0.2) is 4.79 Å². The zero-order chi connectivity index (χ0) is 11.3. The molecule has 0 unspecified atom stereocenters. The summed E-state index contributed by atoms with van der Waals surface area (Å²) in [6, 6.07) is 6.94. The largest absolute Gasteiger partial charge is 0.465 e. The van der Waals surface area contributed by atoms with Gasteiger partial charge in [0.15, 0.2) is 0 Å². The number of allylic oxidation sites excluding steroid dienone is 1. The number of ether oxygens (including phenoxy) is 1. The summed E-state index contributed by atoms with van der Waals surface area (Å²) in [5, 5.41) is 8.89. The summed E-state index contributed by atoms with van der Waals surface area (Å²) in [5.41, 5.74) is 1.66. The third kappa shape index (κ3) is 2.44. The molecule has 0 amide bonds. The maximum Gasteiger partial charge on any atom is 0.337 e. The van der Waals surface area contributed by atoms with Crippen LogP contribution in [0, 0.1) is 11.3 Å². The smallest absolute Gasteiger partial charge is 0.337 e. The highest BCUT2D eigenvalue weighted by atomic mass is 16.5. The first-order valence-electron chi connectivity index (χ1n) is 4.48. The Morgan fingerprint density at radius 3 is 2.80 bits per heavy atom. The number of methoxy groups -OCH3 is 1. The number of carbonyl (C=O) groups is 1. The summed E-state index contributed by atoms with van der Waals surface area (Å²) in [5.74, 6) is -0.432. The molecule has 15 heavy (non-hydrogen) atoms. The molecule has 3 heteroatoms. The first-order chi connectivity index (χ1) is 7.22. The van der Waals surface area contributed by atoms with Crippen LogP contribution in [-0.2, 0) is 4.74 Å². The number of esters is 1. The second kappa shape index (κ2) is 4.97. The van der Waals surface area contributed by atoms with Crippen molar-refractivity contribution >= 4 is 12.0 Å². The summed E-state index contributed by atoms with van der Waals surface area (Å²) in [6.07, 6.45) is 3.66. The molecule has 0 spiro atoms. The topological polar surface area (TPSA) is 50.1 Å². The van der Waals surface area contributed by atoms with Crippen molar-refractivity contribution in [2.45, 2.75) is 6.92 Å². The van der Waals surface area contributed by atoms with Gasteiger partial charge in [0.25, 0.3) is 0 Å². The Bertz CT molecular complexity index is 441. The van der Waals surface area contributed by atoms with Gasteiger partial charge < -0.3 is 4.74 Å². The lowest BCUT2D eigenvalue weighted by Crippen LogP contribution is -2.01. The molecule has 0 heterocycles. The van der Waals surface area contributed by atoms with Gasteiger partial charge in [0.2, 0.25) is 0 Å². The fourth-order valence-corrected chi connectivity index (χ4v) is 1.22. The van der Waals surface area contributed by atoms with E-state index in [1.165, 1.54) is 13.2 Å². The van der Waals surface area contributed by atoms with Crippen molar-refractivity contribution in [2.24, 2.45) is 0 Å². The molecule has 0 aromatic heterocycles. The van der Waals surface area contributed by atoms with Gasteiger partial charge in [-0.15, -0.1) is 0 Å². The van der Waals surface area contributed by atoms with Gasteiger partial charge in [-0.2, -0.15) is 5.26 Å². The zero-order valence-corrected chi connectivity index (χ0v) is 8.65. The third-order valence-electron chi connectivity index (χ3n) is 1.94. The van der Waals surface area contributed by atoms with Crippen molar-refractivity contribution in [2.75, 3.05) is 7.11 Å². The molecule has 0 N–H and O–H groups in total. The second-order valence-corrected chi connectivity index (χ2v) is 2.91. The van der Waals surface area contributed by atoms with E-state index in [-0.39, 0.29) is 0 Å². The molecule has 1 rings (SSSR count). The minimum Gasteiger partial charge on any atom is -0.465 e. The summed E-state index contributed by atoms with van der Waals surface area (Å²) in [7, 11) is 1.31. The standard InChI is InChI=1S/C12H11NO2/c1-3-4-9-5-6-10(12(14)15-2)7-11(9)8-13/h3-7H,1-2H3/b4-3+. The SMILES string of the molecule is C/C=C/c1ccc(C(=O)OC)cc1C#N. The predicted molar refractivity (Wildman–Crippen MR) is 57.2 cm³/mol. The molecular formula is C12H11NO2. The summed E-state index contributed by atoms with van der Waals surface area (Å²) < 4.78 is 4.57. The monoisotopic (exact) mass is 201 g/mol. The van der Waals surface area contributed by atoms with Crippen LogP contribution in [0.15, 0.2) is 24.3 Å². The fourth-order valence-electron chi connectivity index (χ4n) is 1.22. The lowest BCUT2D eigenvalue weighted by molar-refractivity contribution is 0.0600. The van der Waals surface area contributed by atoms with Gasteiger partial charge in [0, 0.05) is 0 Å². The first-order valence-corrected chi connectivity index (χ1v) is 4.48. The highest BCUT2D eigenvalue weighted by Gasteiger charge is 2.07. The highest BCUT2D eigenvalue weighted by molar-refractivity contribution is 5.90. The van der Waals surface area contributed by atoms with Crippen molar-refractivity contribution in [3.05, 3.63) is 41.0 Å².